The highest BCUT2D eigenvalue weighted by atomic mass is 79.9. The van der Waals surface area contributed by atoms with E-state index in [1.165, 1.54) is 25.7 Å². The van der Waals surface area contributed by atoms with E-state index in [1.807, 2.05) is 0 Å². The number of hydrogen-bond donors (Lipinski definition) is 0. The molecule has 1 aliphatic rings. The number of alkyl halides is 1. The molecular formula is C9H17BrO. The third-order valence-corrected chi connectivity index (χ3v) is 3.94. The number of hydrogen-bond acceptors (Lipinski definition) is 1. The van der Waals surface area contributed by atoms with Crippen molar-refractivity contribution in [3.63, 3.8) is 0 Å². The second-order valence-corrected chi connectivity index (χ2v) is 4.56. The molecule has 0 aromatic heterocycles. The zero-order valence-corrected chi connectivity index (χ0v) is 8.99. The summed E-state index contributed by atoms with van der Waals surface area (Å²) < 4.78 is 5.74. The standard InChI is InChI=1S/C9H17BrO/c1-3-11-9(2)7-5-4-6-8(9)10/h8H,3-7H2,1-2H3/t8-,9-/m1/s1. The average molecular weight is 221 g/mol. The minimum Gasteiger partial charge on any atom is -0.374 e. The van der Waals surface area contributed by atoms with Gasteiger partial charge in [-0.1, -0.05) is 28.8 Å². The Kier molecular flexibility index (Phi) is 3.38. The van der Waals surface area contributed by atoms with Gasteiger partial charge >= 0.3 is 0 Å². The molecule has 1 saturated carbocycles. The Bertz CT molecular complexity index is 123. The second-order valence-electron chi connectivity index (χ2n) is 3.46. The quantitative estimate of drug-likeness (QED) is 0.651. The van der Waals surface area contributed by atoms with Gasteiger partial charge in [0.25, 0.3) is 0 Å². The molecule has 66 valence electrons. The lowest BCUT2D eigenvalue weighted by Crippen LogP contribution is -2.41. The fourth-order valence-corrected chi connectivity index (χ4v) is 2.44. The summed E-state index contributed by atoms with van der Waals surface area (Å²) in [7, 11) is 0. The Balaban J connectivity index is 2.49. The smallest absolute Gasteiger partial charge is 0.0778 e. The molecule has 1 nitrogen and oxygen atoms in total. The summed E-state index contributed by atoms with van der Waals surface area (Å²) in [5.74, 6) is 0. The van der Waals surface area contributed by atoms with E-state index in [1.54, 1.807) is 0 Å². The van der Waals surface area contributed by atoms with Crippen LogP contribution in [0, 0.1) is 0 Å². The molecule has 0 spiro atoms. The normalized spacial score (nSPS) is 39.0. The fraction of sp³-hybridized carbons (Fsp3) is 1.00. The Morgan fingerprint density at radius 1 is 1.55 bits per heavy atom. The van der Waals surface area contributed by atoms with Crippen LogP contribution in [0.3, 0.4) is 0 Å². The maximum absolute atomic E-state index is 5.74. The van der Waals surface area contributed by atoms with Crippen molar-refractivity contribution in [2.24, 2.45) is 0 Å². The molecule has 0 aromatic rings. The van der Waals surface area contributed by atoms with Crippen molar-refractivity contribution >= 4 is 15.9 Å². The summed E-state index contributed by atoms with van der Waals surface area (Å²) in [6, 6.07) is 0. The molecule has 2 atom stereocenters. The first-order valence-electron chi connectivity index (χ1n) is 4.47. The molecule has 0 saturated heterocycles. The first-order chi connectivity index (χ1) is 5.19. The summed E-state index contributed by atoms with van der Waals surface area (Å²) in [6.07, 6.45) is 5.13. The lowest BCUT2D eigenvalue weighted by atomic mass is 9.86. The van der Waals surface area contributed by atoms with Crippen LogP contribution < -0.4 is 0 Å². The molecule has 0 N–H and O–H groups in total. The van der Waals surface area contributed by atoms with Crippen LogP contribution in [0.4, 0.5) is 0 Å². The van der Waals surface area contributed by atoms with Gasteiger partial charge in [-0.25, -0.2) is 0 Å². The predicted molar refractivity (Wildman–Crippen MR) is 51.2 cm³/mol. The molecule has 0 bridgehead atoms. The van der Waals surface area contributed by atoms with E-state index in [0.29, 0.717) is 4.83 Å². The molecule has 1 fully saturated rings. The van der Waals surface area contributed by atoms with Gasteiger partial charge in [0.1, 0.15) is 0 Å². The van der Waals surface area contributed by atoms with Gasteiger partial charge in [-0.15, -0.1) is 0 Å². The van der Waals surface area contributed by atoms with E-state index < -0.39 is 0 Å². The van der Waals surface area contributed by atoms with E-state index in [0.717, 1.165) is 6.61 Å². The fourth-order valence-electron chi connectivity index (χ4n) is 1.75. The molecule has 11 heavy (non-hydrogen) atoms. The summed E-state index contributed by atoms with van der Waals surface area (Å²) in [5.41, 5.74) is 0.104. The Labute approximate surface area is 77.6 Å². The van der Waals surface area contributed by atoms with Gasteiger partial charge in [0, 0.05) is 11.4 Å². The zero-order valence-electron chi connectivity index (χ0n) is 7.40. The van der Waals surface area contributed by atoms with Crippen LogP contribution >= 0.6 is 15.9 Å². The van der Waals surface area contributed by atoms with Crippen LogP contribution in [0.2, 0.25) is 0 Å². The van der Waals surface area contributed by atoms with Gasteiger partial charge in [0.05, 0.1) is 5.60 Å². The molecule has 2 heteroatoms. The zero-order chi connectivity index (χ0) is 8.32. The van der Waals surface area contributed by atoms with Crippen molar-refractivity contribution in [3.05, 3.63) is 0 Å². The Morgan fingerprint density at radius 3 is 2.82 bits per heavy atom. The van der Waals surface area contributed by atoms with E-state index in [4.69, 9.17) is 4.74 Å². The minimum atomic E-state index is 0.104. The van der Waals surface area contributed by atoms with E-state index >= 15 is 0 Å². The minimum absolute atomic E-state index is 0.104. The van der Waals surface area contributed by atoms with Crippen LogP contribution in [0.25, 0.3) is 0 Å². The van der Waals surface area contributed by atoms with Crippen LogP contribution in [0.5, 0.6) is 0 Å². The summed E-state index contributed by atoms with van der Waals surface area (Å²) in [4.78, 5) is 0.559. The van der Waals surface area contributed by atoms with Crippen molar-refractivity contribution in [1.29, 1.82) is 0 Å². The third kappa shape index (κ3) is 2.19. The Morgan fingerprint density at radius 2 is 2.27 bits per heavy atom. The average Bonchev–Trinajstić information content (AvgIpc) is 1.96. The van der Waals surface area contributed by atoms with Gasteiger partial charge in [0.15, 0.2) is 0 Å². The summed E-state index contributed by atoms with van der Waals surface area (Å²) in [6.45, 7) is 5.12. The third-order valence-electron chi connectivity index (χ3n) is 2.52. The first-order valence-corrected chi connectivity index (χ1v) is 5.38. The van der Waals surface area contributed by atoms with Crippen LogP contribution in [0.15, 0.2) is 0 Å². The maximum Gasteiger partial charge on any atom is 0.0778 e. The maximum atomic E-state index is 5.74. The number of rotatable bonds is 2. The highest BCUT2D eigenvalue weighted by molar-refractivity contribution is 9.09. The molecule has 0 heterocycles. The van der Waals surface area contributed by atoms with Gasteiger partial charge < -0.3 is 4.74 Å². The summed E-state index contributed by atoms with van der Waals surface area (Å²) >= 11 is 3.69. The van der Waals surface area contributed by atoms with Gasteiger partial charge in [-0.3, -0.25) is 0 Å². The molecule has 0 aromatic carbocycles. The molecular weight excluding hydrogens is 204 g/mol. The Hall–Kier alpha value is 0.440. The van der Waals surface area contributed by atoms with Crippen LogP contribution in [-0.4, -0.2) is 17.0 Å². The molecule has 0 amide bonds. The number of ether oxygens (including phenoxy) is 1. The summed E-state index contributed by atoms with van der Waals surface area (Å²) in [5, 5.41) is 0. The second kappa shape index (κ2) is 3.90. The number of halogens is 1. The lowest BCUT2D eigenvalue weighted by molar-refractivity contribution is -0.0433. The van der Waals surface area contributed by atoms with E-state index in [-0.39, 0.29) is 5.60 Å². The molecule has 1 rings (SSSR count). The van der Waals surface area contributed by atoms with E-state index in [9.17, 15) is 0 Å². The van der Waals surface area contributed by atoms with E-state index in [2.05, 4.69) is 29.8 Å². The molecule has 1 aliphatic carbocycles. The predicted octanol–water partition coefficient (Wildman–Crippen LogP) is 3.12. The van der Waals surface area contributed by atoms with Gasteiger partial charge in [0.2, 0.25) is 0 Å². The molecule has 0 aliphatic heterocycles. The largest absolute Gasteiger partial charge is 0.374 e. The van der Waals surface area contributed by atoms with Crippen molar-refractivity contribution in [3.8, 4) is 0 Å². The van der Waals surface area contributed by atoms with Crippen molar-refractivity contribution in [2.45, 2.75) is 50.0 Å². The van der Waals surface area contributed by atoms with Gasteiger partial charge in [-0.05, 0) is 26.7 Å². The van der Waals surface area contributed by atoms with Crippen molar-refractivity contribution in [1.82, 2.24) is 0 Å². The van der Waals surface area contributed by atoms with Crippen LogP contribution in [-0.2, 0) is 4.74 Å². The lowest BCUT2D eigenvalue weighted by Gasteiger charge is -2.38. The monoisotopic (exact) mass is 220 g/mol. The molecule has 0 radical (unpaired) electrons. The SMILES string of the molecule is CCO[C@]1(C)CCCC[C@H]1Br. The van der Waals surface area contributed by atoms with Crippen LogP contribution in [0.1, 0.15) is 39.5 Å². The van der Waals surface area contributed by atoms with Crippen molar-refractivity contribution in [2.75, 3.05) is 6.61 Å². The van der Waals surface area contributed by atoms with Gasteiger partial charge in [-0.2, -0.15) is 0 Å². The molecule has 0 unspecified atom stereocenters. The first kappa shape index (κ1) is 9.53. The highest BCUT2D eigenvalue weighted by Crippen LogP contribution is 2.36. The highest BCUT2D eigenvalue weighted by Gasteiger charge is 2.35. The van der Waals surface area contributed by atoms with Crippen molar-refractivity contribution < 1.29 is 4.74 Å². The topological polar surface area (TPSA) is 9.23 Å².